The lowest BCUT2D eigenvalue weighted by atomic mass is 10.1. The zero-order valence-corrected chi connectivity index (χ0v) is 13.4. The Kier molecular flexibility index (Phi) is 3.44. The smallest absolute Gasteiger partial charge is 0.254 e. The molecule has 1 aliphatic rings. The predicted molar refractivity (Wildman–Crippen MR) is 85.3 cm³/mol. The van der Waals surface area contributed by atoms with Gasteiger partial charge < -0.3 is 5.32 Å². The molecule has 0 unspecified atom stereocenters. The van der Waals surface area contributed by atoms with Crippen LogP contribution < -0.4 is 5.32 Å². The number of rotatable bonds is 4. The second-order valence-corrected chi connectivity index (χ2v) is 5.99. The monoisotopic (exact) mass is 312 g/mol. The highest BCUT2D eigenvalue weighted by Crippen LogP contribution is 2.19. The van der Waals surface area contributed by atoms with Crippen molar-refractivity contribution in [3.05, 3.63) is 29.7 Å². The van der Waals surface area contributed by atoms with E-state index in [4.69, 9.17) is 0 Å². The van der Waals surface area contributed by atoms with Gasteiger partial charge in [0.25, 0.3) is 5.78 Å². The van der Waals surface area contributed by atoms with Crippen LogP contribution >= 0.6 is 0 Å². The summed E-state index contributed by atoms with van der Waals surface area (Å²) in [7, 11) is 0. The van der Waals surface area contributed by atoms with Crippen LogP contribution in [0.5, 0.6) is 0 Å². The Morgan fingerprint density at radius 2 is 2.26 bits per heavy atom. The third-order valence-electron chi connectivity index (χ3n) is 4.13. The average Bonchev–Trinajstić information content (AvgIpc) is 3.12. The van der Waals surface area contributed by atoms with Crippen molar-refractivity contribution in [2.75, 3.05) is 5.32 Å². The van der Waals surface area contributed by atoms with Gasteiger partial charge in [0.2, 0.25) is 0 Å². The summed E-state index contributed by atoms with van der Waals surface area (Å²) in [5, 5.41) is 12.3. The van der Waals surface area contributed by atoms with E-state index in [2.05, 4.69) is 43.5 Å². The third-order valence-corrected chi connectivity index (χ3v) is 4.13. The molecule has 3 aromatic rings. The van der Waals surface area contributed by atoms with Gasteiger partial charge in [-0.1, -0.05) is 13.3 Å². The first-order valence-corrected chi connectivity index (χ1v) is 8.09. The molecular weight excluding hydrogens is 292 g/mol. The first-order chi connectivity index (χ1) is 11.2. The van der Waals surface area contributed by atoms with E-state index in [9.17, 15) is 0 Å². The molecule has 0 amide bonds. The zero-order chi connectivity index (χ0) is 15.8. The molecule has 1 atom stereocenters. The van der Waals surface area contributed by atoms with E-state index >= 15 is 0 Å². The van der Waals surface area contributed by atoms with Crippen molar-refractivity contribution in [1.82, 2.24) is 34.3 Å². The summed E-state index contributed by atoms with van der Waals surface area (Å²) in [5.41, 5.74) is 1.04. The lowest BCUT2D eigenvalue weighted by molar-refractivity contribution is 0.439. The molecule has 0 spiro atoms. The van der Waals surface area contributed by atoms with E-state index in [1.807, 2.05) is 11.6 Å². The molecule has 0 saturated carbocycles. The van der Waals surface area contributed by atoms with Gasteiger partial charge in [0.1, 0.15) is 23.8 Å². The highest BCUT2D eigenvalue weighted by atomic mass is 15.4. The number of aromatic nitrogens is 7. The highest BCUT2D eigenvalue weighted by Gasteiger charge is 2.22. The third kappa shape index (κ3) is 2.64. The Labute approximate surface area is 134 Å². The molecule has 0 radical (unpaired) electrons. The van der Waals surface area contributed by atoms with Crippen LogP contribution in [0, 0.1) is 6.92 Å². The van der Waals surface area contributed by atoms with E-state index in [0.717, 1.165) is 55.4 Å². The standard InChI is InChI=1S/C15H20N8/c1-3-4-11-7-14(23-15(20-11)16-9-17-23)19-12-5-6-13-18-10(2)21-22(13)8-12/h7,9,12,19H,3-6,8H2,1-2H3/t12-/m0/s1. The maximum Gasteiger partial charge on any atom is 0.254 e. The van der Waals surface area contributed by atoms with Crippen LogP contribution in [-0.2, 0) is 19.4 Å². The molecule has 8 heteroatoms. The summed E-state index contributed by atoms with van der Waals surface area (Å²) in [6.07, 6.45) is 5.51. The predicted octanol–water partition coefficient (Wildman–Crippen LogP) is 1.40. The number of aryl methyl sites for hydroxylation is 3. The Morgan fingerprint density at radius 3 is 3.13 bits per heavy atom. The summed E-state index contributed by atoms with van der Waals surface area (Å²) in [6.45, 7) is 4.91. The van der Waals surface area contributed by atoms with Gasteiger partial charge in [-0.2, -0.15) is 19.7 Å². The summed E-state index contributed by atoms with van der Waals surface area (Å²) in [4.78, 5) is 13.2. The van der Waals surface area contributed by atoms with Gasteiger partial charge in [0.15, 0.2) is 0 Å². The first-order valence-electron chi connectivity index (χ1n) is 8.09. The number of hydrogen-bond acceptors (Lipinski definition) is 6. The van der Waals surface area contributed by atoms with Crippen molar-refractivity contribution in [2.24, 2.45) is 0 Å². The van der Waals surface area contributed by atoms with Gasteiger partial charge in [-0.05, 0) is 19.8 Å². The molecule has 4 rings (SSSR count). The van der Waals surface area contributed by atoms with Crippen molar-refractivity contribution < 1.29 is 0 Å². The maximum atomic E-state index is 4.54. The molecule has 0 fully saturated rings. The molecule has 4 heterocycles. The zero-order valence-electron chi connectivity index (χ0n) is 13.4. The van der Waals surface area contributed by atoms with Gasteiger partial charge in [-0.3, -0.25) is 0 Å². The highest BCUT2D eigenvalue weighted by molar-refractivity contribution is 5.45. The fourth-order valence-electron chi connectivity index (χ4n) is 3.11. The fourth-order valence-corrected chi connectivity index (χ4v) is 3.11. The van der Waals surface area contributed by atoms with E-state index < -0.39 is 0 Å². The normalized spacial score (nSPS) is 17.4. The molecule has 8 nitrogen and oxygen atoms in total. The SMILES string of the molecule is CCCc1cc(N[C@H]2CCc3nc(C)nn3C2)n2ncnc2n1. The molecule has 1 N–H and O–H groups in total. The number of nitrogens with zero attached hydrogens (tertiary/aromatic N) is 7. The molecular formula is C15H20N8. The Bertz CT molecular complexity index is 833. The second-order valence-electron chi connectivity index (χ2n) is 5.99. The van der Waals surface area contributed by atoms with Gasteiger partial charge >= 0.3 is 0 Å². The minimum absolute atomic E-state index is 0.299. The van der Waals surface area contributed by atoms with E-state index in [1.165, 1.54) is 0 Å². The molecule has 3 aromatic heterocycles. The number of hydrogen-bond donors (Lipinski definition) is 1. The Morgan fingerprint density at radius 1 is 1.35 bits per heavy atom. The van der Waals surface area contributed by atoms with Crippen molar-refractivity contribution >= 4 is 11.6 Å². The molecule has 23 heavy (non-hydrogen) atoms. The van der Waals surface area contributed by atoms with Gasteiger partial charge in [-0.25, -0.2) is 14.6 Å². The van der Waals surface area contributed by atoms with Gasteiger partial charge in [0.05, 0.1) is 6.54 Å². The van der Waals surface area contributed by atoms with Crippen molar-refractivity contribution in [3.63, 3.8) is 0 Å². The topological polar surface area (TPSA) is 85.8 Å². The number of nitrogens with one attached hydrogen (secondary N) is 1. The molecule has 0 aromatic carbocycles. The van der Waals surface area contributed by atoms with Crippen molar-refractivity contribution in [2.45, 2.75) is 52.1 Å². The largest absolute Gasteiger partial charge is 0.365 e. The van der Waals surface area contributed by atoms with Gasteiger partial charge in [-0.15, -0.1) is 0 Å². The second kappa shape index (κ2) is 5.60. The Balaban J connectivity index is 1.61. The quantitative estimate of drug-likeness (QED) is 0.784. The first kappa shape index (κ1) is 14.1. The van der Waals surface area contributed by atoms with Crippen LogP contribution in [0.4, 0.5) is 5.82 Å². The van der Waals surface area contributed by atoms with E-state index in [-0.39, 0.29) is 0 Å². The molecule has 0 bridgehead atoms. The molecule has 0 saturated heterocycles. The van der Waals surface area contributed by atoms with Gasteiger partial charge in [0, 0.05) is 24.2 Å². The van der Waals surface area contributed by atoms with Crippen LogP contribution in [0.3, 0.4) is 0 Å². The molecule has 0 aliphatic carbocycles. The van der Waals surface area contributed by atoms with Crippen LogP contribution in [0.25, 0.3) is 5.78 Å². The van der Waals surface area contributed by atoms with Crippen molar-refractivity contribution in [1.29, 1.82) is 0 Å². The van der Waals surface area contributed by atoms with E-state index in [1.54, 1.807) is 10.8 Å². The summed E-state index contributed by atoms with van der Waals surface area (Å²) >= 11 is 0. The van der Waals surface area contributed by atoms with Crippen LogP contribution in [0.15, 0.2) is 12.4 Å². The van der Waals surface area contributed by atoms with E-state index in [0.29, 0.717) is 11.8 Å². The Hall–Kier alpha value is -2.51. The summed E-state index contributed by atoms with van der Waals surface area (Å²) in [5.74, 6) is 3.51. The minimum atomic E-state index is 0.299. The van der Waals surface area contributed by atoms with Crippen molar-refractivity contribution in [3.8, 4) is 0 Å². The fraction of sp³-hybridized carbons (Fsp3) is 0.533. The molecule has 120 valence electrons. The summed E-state index contributed by atoms with van der Waals surface area (Å²) in [6, 6.07) is 2.38. The number of anilines is 1. The molecule has 1 aliphatic heterocycles. The number of fused-ring (bicyclic) bond motifs is 2. The average molecular weight is 312 g/mol. The lowest BCUT2D eigenvalue weighted by Gasteiger charge is -2.24. The van der Waals surface area contributed by atoms with Crippen LogP contribution in [-0.4, -0.2) is 40.4 Å². The van der Waals surface area contributed by atoms with Crippen LogP contribution in [0.2, 0.25) is 0 Å². The maximum absolute atomic E-state index is 4.54. The lowest BCUT2D eigenvalue weighted by Crippen LogP contribution is -2.32. The summed E-state index contributed by atoms with van der Waals surface area (Å²) < 4.78 is 3.77. The minimum Gasteiger partial charge on any atom is -0.365 e. The van der Waals surface area contributed by atoms with Crippen LogP contribution in [0.1, 0.15) is 37.1 Å².